The van der Waals surface area contributed by atoms with Gasteiger partial charge in [0.05, 0.1) is 6.10 Å². The van der Waals surface area contributed by atoms with E-state index >= 15 is 0 Å². The SMILES string of the molecule is CC1CN(CC2CCCCO2)C(C)CN1. The molecule has 3 atom stereocenters. The molecule has 2 fully saturated rings. The van der Waals surface area contributed by atoms with Gasteiger partial charge in [-0.3, -0.25) is 4.90 Å². The molecule has 0 aromatic rings. The summed E-state index contributed by atoms with van der Waals surface area (Å²) in [6.45, 7) is 8.96. The van der Waals surface area contributed by atoms with E-state index in [4.69, 9.17) is 4.74 Å². The Labute approximate surface area is 93.2 Å². The smallest absolute Gasteiger partial charge is 0.0702 e. The molecular formula is C12H24N2O. The number of hydrogen-bond donors (Lipinski definition) is 1. The minimum absolute atomic E-state index is 0.492. The lowest BCUT2D eigenvalue weighted by Gasteiger charge is -2.40. The van der Waals surface area contributed by atoms with E-state index in [0.717, 1.165) is 19.7 Å². The van der Waals surface area contributed by atoms with E-state index < -0.39 is 0 Å². The van der Waals surface area contributed by atoms with E-state index in [1.165, 1.54) is 25.8 Å². The molecule has 2 aliphatic heterocycles. The fraction of sp³-hybridized carbons (Fsp3) is 1.00. The first kappa shape index (κ1) is 11.4. The molecular weight excluding hydrogens is 188 g/mol. The van der Waals surface area contributed by atoms with Crippen LogP contribution in [-0.2, 0) is 4.74 Å². The molecule has 2 saturated heterocycles. The van der Waals surface area contributed by atoms with Crippen LogP contribution in [0.5, 0.6) is 0 Å². The van der Waals surface area contributed by atoms with Gasteiger partial charge < -0.3 is 10.1 Å². The van der Waals surface area contributed by atoms with Crippen molar-refractivity contribution >= 4 is 0 Å². The summed E-state index contributed by atoms with van der Waals surface area (Å²) >= 11 is 0. The highest BCUT2D eigenvalue weighted by atomic mass is 16.5. The molecule has 0 amide bonds. The van der Waals surface area contributed by atoms with Crippen molar-refractivity contribution in [1.82, 2.24) is 10.2 Å². The molecule has 2 heterocycles. The monoisotopic (exact) mass is 212 g/mol. The first-order valence-electron chi connectivity index (χ1n) is 6.34. The minimum Gasteiger partial charge on any atom is -0.377 e. The van der Waals surface area contributed by atoms with Gasteiger partial charge in [-0.15, -0.1) is 0 Å². The van der Waals surface area contributed by atoms with E-state index in [-0.39, 0.29) is 0 Å². The first-order chi connectivity index (χ1) is 7.25. The Bertz CT molecular complexity index is 192. The number of hydrogen-bond acceptors (Lipinski definition) is 3. The van der Waals surface area contributed by atoms with Crippen LogP contribution in [0.15, 0.2) is 0 Å². The van der Waals surface area contributed by atoms with Gasteiger partial charge in [-0.05, 0) is 33.1 Å². The number of nitrogens with one attached hydrogen (secondary N) is 1. The fourth-order valence-electron chi connectivity index (χ4n) is 2.56. The zero-order valence-corrected chi connectivity index (χ0v) is 10.0. The van der Waals surface area contributed by atoms with Gasteiger partial charge in [-0.2, -0.15) is 0 Å². The predicted molar refractivity (Wildman–Crippen MR) is 62.1 cm³/mol. The Balaban J connectivity index is 1.80. The quantitative estimate of drug-likeness (QED) is 0.745. The van der Waals surface area contributed by atoms with Crippen LogP contribution in [0.4, 0.5) is 0 Å². The lowest BCUT2D eigenvalue weighted by molar-refractivity contribution is -0.0186. The third-order valence-corrected chi connectivity index (χ3v) is 3.61. The highest BCUT2D eigenvalue weighted by Gasteiger charge is 2.25. The summed E-state index contributed by atoms with van der Waals surface area (Å²) in [5.74, 6) is 0. The number of piperazine rings is 1. The van der Waals surface area contributed by atoms with Crippen molar-refractivity contribution in [2.24, 2.45) is 0 Å². The van der Waals surface area contributed by atoms with Crippen LogP contribution >= 0.6 is 0 Å². The summed E-state index contributed by atoms with van der Waals surface area (Å²) in [7, 11) is 0. The van der Waals surface area contributed by atoms with E-state index in [2.05, 4.69) is 24.1 Å². The van der Waals surface area contributed by atoms with Crippen molar-refractivity contribution in [3.63, 3.8) is 0 Å². The molecule has 0 aromatic heterocycles. The molecule has 3 unspecified atom stereocenters. The van der Waals surface area contributed by atoms with E-state index in [9.17, 15) is 0 Å². The van der Waals surface area contributed by atoms with Crippen molar-refractivity contribution in [3.05, 3.63) is 0 Å². The number of rotatable bonds is 2. The maximum Gasteiger partial charge on any atom is 0.0702 e. The summed E-state index contributed by atoms with van der Waals surface area (Å²) in [6.07, 6.45) is 4.35. The summed E-state index contributed by atoms with van der Waals surface area (Å²) in [5.41, 5.74) is 0. The van der Waals surface area contributed by atoms with Gasteiger partial charge in [-0.1, -0.05) is 0 Å². The normalized spacial score (nSPS) is 39.2. The Morgan fingerprint density at radius 1 is 1.33 bits per heavy atom. The standard InChI is InChI=1S/C12H24N2O/c1-10-8-14(11(2)7-13-10)9-12-5-3-4-6-15-12/h10-13H,3-9H2,1-2H3. The Morgan fingerprint density at radius 3 is 2.93 bits per heavy atom. The molecule has 15 heavy (non-hydrogen) atoms. The largest absolute Gasteiger partial charge is 0.377 e. The maximum absolute atomic E-state index is 5.80. The third-order valence-electron chi connectivity index (χ3n) is 3.61. The lowest BCUT2D eigenvalue weighted by atomic mass is 10.1. The second kappa shape index (κ2) is 5.28. The molecule has 2 aliphatic rings. The molecule has 1 N–H and O–H groups in total. The predicted octanol–water partition coefficient (Wildman–Crippen LogP) is 1.24. The van der Waals surface area contributed by atoms with Gasteiger partial charge in [0.1, 0.15) is 0 Å². The Hall–Kier alpha value is -0.120. The van der Waals surface area contributed by atoms with Crippen molar-refractivity contribution < 1.29 is 4.74 Å². The van der Waals surface area contributed by atoms with Gasteiger partial charge in [0.25, 0.3) is 0 Å². The van der Waals surface area contributed by atoms with Crippen LogP contribution in [0.1, 0.15) is 33.1 Å². The van der Waals surface area contributed by atoms with Crippen molar-refractivity contribution in [2.45, 2.75) is 51.3 Å². The third kappa shape index (κ3) is 3.16. The number of ether oxygens (including phenoxy) is 1. The maximum atomic E-state index is 5.80. The molecule has 0 saturated carbocycles. The molecule has 0 bridgehead atoms. The Morgan fingerprint density at radius 2 is 2.20 bits per heavy atom. The van der Waals surface area contributed by atoms with E-state index in [0.29, 0.717) is 18.2 Å². The van der Waals surface area contributed by atoms with Crippen LogP contribution in [0.3, 0.4) is 0 Å². The summed E-state index contributed by atoms with van der Waals surface area (Å²) in [6, 6.07) is 1.29. The summed E-state index contributed by atoms with van der Waals surface area (Å²) < 4.78 is 5.80. The van der Waals surface area contributed by atoms with E-state index in [1.807, 2.05) is 0 Å². The molecule has 3 nitrogen and oxygen atoms in total. The summed E-state index contributed by atoms with van der Waals surface area (Å²) in [5, 5.41) is 3.52. The first-order valence-corrected chi connectivity index (χ1v) is 6.34. The average molecular weight is 212 g/mol. The lowest BCUT2D eigenvalue weighted by Crippen LogP contribution is -2.56. The Kier molecular flexibility index (Phi) is 4.00. The molecule has 2 rings (SSSR count). The number of nitrogens with zero attached hydrogens (tertiary/aromatic N) is 1. The van der Waals surface area contributed by atoms with Crippen molar-refractivity contribution in [1.29, 1.82) is 0 Å². The van der Waals surface area contributed by atoms with Crippen LogP contribution in [0.25, 0.3) is 0 Å². The highest BCUT2D eigenvalue weighted by molar-refractivity contribution is 4.83. The van der Waals surface area contributed by atoms with E-state index in [1.54, 1.807) is 0 Å². The van der Waals surface area contributed by atoms with Crippen molar-refractivity contribution in [3.8, 4) is 0 Å². The molecule has 0 spiro atoms. The van der Waals surface area contributed by atoms with Crippen LogP contribution < -0.4 is 5.32 Å². The van der Waals surface area contributed by atoms with Crippen LogP contribution in [-0.4, -0.2) is 49.3 Å². The molecule has 0 radical (unpaired) electrons. The van der Waals surface area contributed by atoms with Gasteiger partial charge in [0.15, 0.2) is 0 Å². The topological polar surface area (TPSA) is 24.5 Å². The highest BCUT2D eigenvalue weighted by Crippen LogP contribution is 2.16. The molecule has 3 heteroatoms. The molecule has 88 valence electrons. The molecule has 0 aliphatic carbocycles. The molecule has 0 aromatic carbocycles. The van der Waals surface area contributed by atoms with Crippen molar-refractivity contribution in [2.75, 3.05) is 26.2 Å². The second-order valence-electron chi connectivity index (χ2n) is 5.10. The zero-order valence-electron chi connectivity index (χ0n) is 10.0. The summed E-state index contributed by atoms with van der Waals surface area (Å²) in [4.78, 5) is 2.58. The fourth-order valence-corrected chi connectivity index (χ4v) is 2.56. The van der Waals surface area contributed by atoms with Gasteiger partial charge in [0, 0.05) is 38.3 Å². The zero-order chi connectivity index (χ0) is 10.7. The van der Waals surface area contributed by atoms with Crippen LogP contribution in [0, 0.1) is 0 Å². The van der Waals surface area contributed by atoms with Gasteiger partial charge >= 0.3 is 0 Å². The van der Waals surface area contributed by atoms with Crippen LogP contribution in [0.2, 0.25) is 0 Å². The average Bonchev–Trinajstić information content (AvgIpc) is 2.25. The second-order valence-corrected chi connectivity index (χ2v) is 5.10. The van der Waals surface area contributed by atoms with Gasteiger partial charge in [-0.25, -0.2) is 0 Å². The minimum atomic E-state index is 0.492. The van der Waals surface area contributed by atoms with Gasteiger partial charge in [0.2, 0.25) is 0 Å².